The van der Waals surface area contributed by atoms with Crippen molar-refractivity contribution in [1.82, 2.24) is 10.1 Å². The van der Waals surface area contributed by atoms with Crippen LogP contribution in [0.2, 0.25) is 0 Å². The zero-order valence-electron chi connectivity index (χ0n) is 18.1. The number of nitrogens with zero attached hydrogens (tertiary/aromatic N) is 3. The van der Waals surface area contributed by atoms with E-state index in [0.717, 1.165) is 0 Å². The molecule has 11 heteroatoms. The zero-order chi connectivity index (χ0) is 24.2. The molecule has 0 saturated heterocycles. The number of unbranched alkanes of at least 4 members (excludes halogenated alkanes) is 2. The Morgan fingerprint density at radius 1 is 1.24 bits per heavy atom. The maximum Gasteiger partial charge on any atom is 0.322 e. The van der Waals surface area contributed by atoms with Gasteiger partial charge in [0, 0.05) is 44.3 Å². The second kappa shape index (κ2) is 10.5. The summed E-state index contributed by atoms with van der Waals surface area (Å²) in [5.74, 6) is -7.71. The van der Waals surface area contributed by atoms with Crippen LogP contribution in [0.4, 0.5) is 27.6 Å². The van der Waals surface area contributed by atoms with E-state index in [4.69, 9.17) is 0 Å². The molecule has 1 aliphatic carbocycles. The third-order valence-electron chi connectivity index (χ3n) is 5.67. The highest BCUT2D eigenvalue weighted by atomic mass is 79.9. The lowest BCUT2D eigenvalue weighted by Crippen LogP contribution is -2.40. The molecule has 182 valence electrons. The summed E-state index contributed by atoms with van der Waals surface area (Å²) in [6.07, 6.45) is 1.69. The predicted octanol–water partition coefficient (Wildman–Crippen LogP) is 6.65. The van der Waals surface area contributed by atoms with E-state index in [1.807, 2.05) is 0 Å². The standard InChI is InChI=1S/C22H25BrF5N3O2/c1-21(25,26)20-29-18(30-33-20)5-3-2-4-12-31(15-6-7-17(24)16(23)13-15)19(32)14-8-10-22(27,28)11-9-14/h6-7,13-14H,2-5,8-12H2,1H3. The van der Waals surface area contributed by atoms with Gasteiger partial charge in [-0.05, 0) is 59.8 Å². The van der Waals surface area contributed by atoms with Crippen molar-refractivity contribution in [2.75, 3.05) is 11.4 Å². The Morgan fingerprint density at radius 3 is 2.55 bits per heavy atom. The van der Waals surface area contributed by atoms with Crippen LogP contribution >= 0.6 is 15.9 Å². The molecule has 1 fully saturated rings. The number of hydrogen-bond donors (Lipinski definition) is 0. The lowest BCUT2D eigenvalue weighted by Gasteiger charge is -2.32. The van der Waals surface area contributed by atoms with Crippen molar-refractivity contribution in [3.63, 3.8) is 0 Å². The fraction of sp³-hybridized carbons (Fsp3) is 0.591. The smallest absolute Gasteiger partial charge is 0.322 e. The third-order valence-corrected chi connectivity index (χ3v) is 6.28. The van der Waals surface area contributed by atoms with Gasteiger partial charge in [-0.1, -0.05) is 11.6 Å². The van der Waals surface area contributed by atoms with E-state index in [2.05, 4.69) is 30.6 Å². The number of anilines is 1. The van der Waals surface area contributed by atoms with Gasteiger partial charge in [0.25, 0.3) is 5.89 Å². The van der Waals surface area contributed by atoms with Crippen LogP contribution in [-0.4, -0.2) is 28.5 Å². The first kappa shape index (κ1) is 25.6. The van der Waals surface area contributed by atoms with Crippen molar-refractivity contribution in [3.05, 3.63) is 40.2 Å². The Balaban J connectivity index is 1.59. The highest BCUT2D eigenvalue weighted by Crippen LogP contribution is 2.37. The van der Waals surface area contributed by atoms with Crippen molar-refractivity contribution < 1.29 is 31.3 Å². The van der Waals surface area contributed by atoms with Gasteiger partial charge in [-0.15, -0.1) is 0 Å². The number of alkyl halides is 4. The molecule has 0 unspecified atom stereocenters. The Morgan fingerprint density at radius 2 is 1.94 bits per heavy atom. The van der Waals surface area contributed by atoms with Gasteiger partial charge in [0.2, 0.25) is 11.8 Å². The van der Waals surface area contributed by atoms with Crippen LogP contribution in [0, 0.1) is 11.7 Å². The van der Waals surface area contributed by atoms with Gasteiger partial charge < -0.3 is 9.42 Å². The first-order chi connectivity index (χ1) is 15.5. The van der Waals surface area contributed by atoms with Gasteiger partial charge in [0.1, 0.15) is 5.82 Å². The summed E-state index contributed by atoms with van der Waals surface area (Å²) in [5.41, 5.74) is 0.485. The minimum Gasteiger partial charge on any atom is -0.333 e. The lowest BCUT2D eigenvalue weighted by molar-refractivity contribution is -0.126. The molecule has 2 aromatic rings. The number of benzene rings is 1. The molecular weight excluding hydrogens is 513 g/mol. The van der Waals surface area contributed by atoms with Crippen molar-refractivity contribution in [1.29, 1.82) is 0 Å². The molecule has 0 bridgehead atoms. The lowest BCUT2D eigenvalue weighted by atomic mass is 9.85. The fourth-order valence-electron chi connectivity index (χ4n) is 3.79. The van der Waals surface area contributed by atoms with Gasteiger partial charge in [0.05, 0.1) is 4.47 Å². The molecule has 5 nitrogen and oxygen atoms in total. The molecule has 1 amide bonds. The second-order valence-corrected chi connectivity index (χ2v) is 9.29. The molecule has 33 heavy (non-hydrogen) atoms. The van der Waals surface area contributed by atoms with Gasteiger partial charge in [-0.2, -0.15) is 13.8 Å². The van der Waals surface area contributed by atoms with Gasteiger partial charge in [-0.25, -0.2) is 13.2 Å². The summed E-state index contributed by atoms with van der Waals surface area (Å²) in [5, 5.41) is 3.55. The molecule has 1 heterocycles. The molecule has 0 aliphatic heterocycles. The summed E-state index contributed by atoms with van der Waals surface area (Å²) < 4.78 is 71.9. The first-order valence-electron chi connectivity index (χ1n) is 10.8. The molecule has 0 radical (unpaired) electrons. The van der Waals surface area contributed by atoms with E-state index in [1.54, 1.807) is 0 Å². The molecule has 1 aliphatic rings. The number of rotatable bonds is 9. The highest BCUT2D eigenvalue weighted by Gasteiger charge is 2.39. The van der Waals surface area contributed by atoms with E-state index < -0.39 is 29.5 Å². The average molecular weight is 538 g/mol. The Bertz CT molecular complexity index is 954. The van der Waals surface area contributed by atoms with Crippen LogP contribution in [0.25, 0.3) is 0 Å². The Kier molecular flexibility index (Phi) is 8.13. The molecule has 0 spiro atoms. The van der Waals surface area contributed by atoms with E-state index in [0.29, 0.717) is 44.8 Å². The van der Waals surface area contributed by atoms with Crippen LogP contribution < -0.4 is 4.90 Å². The molecule has 1 aromatic carbocycles. The second-order valence-electron chi connectivity index (χ2n) is 8.43. The average Bonchev–Trinajstić information content (AvgIpc) is 3.22. The SMILES string of the molecule is CC(F)(F)c1nc(CCCCCN(C(=O)C2CCC(F)(F)CC2)c2ccc(F)c(Br)c2)no1. The van der Waals surface area contributed by atoms with E-state index in [9.17, 15) is 26.7 Å². The molecule has 1 saturated carbocycles. The largest absolute Gasteiger partial charge is 0.333 e. The number of aromatic nitrogens is 2. The number of aryl methyl sites for hydroxylation is 1. The fourth-order valence-corrected chi connectivity index (χ4v) is 4.16. The summed E-state index contributed by atoms with van der Waals surface area (Å²) in [4.78, 5) is 18.4. The number of hydrogen-bond acceptors (Lipinski definition) is 4. The van der Waals surface area contributed by atoms with Crippen molar-refractivity contribution in [2.45, 2.75) is 70.1 Å². The first-order valence-corrected chi connectivity index (χ1v) is 11.6. The van der Waals surface area contributed by atoms with Gasteiger partial charge in [0.15, 0.2) is 5.82 Å². The Labute approximate surface area is 196 Å². The van der Waals surface area contributed by atoms with Crippen molar-refractivity contribution in [2.24, 2.45) is 5.92 Å². The molecule has 1 aromatic heterocycles. The number of halogens is 6. The summed E-state index contributed by atoms with van der Waals surface area (Å²) in [6, 6.07) is 4.23. The maximum absolute atomic E-state index is 13.7. The van der Waals surface area contributed by atoms with Gasteiger partial charge >= 0.3 is 5.92 Å². The van der Waals surface area contributed by atoms with Crippen molar-refractivity contribution >= 4 is 27.5 Å². The highest BCUT2D eigenvalue weighted by molar-refractivity contribution is 9.10. The number of carbonyl (C=O) groups excluding carboxylic acids is 1. The topological polar surface area (TPSA) is 59.2 Å². The number of amides is 1. The van der Waals surface area contributed by atoms with Crippen LogP contribution in [0.5, 0.6) is 0 Å². The van der Waals surface area contributed by atoms with Crippen molar-refractivity contribution in [3.8, 4) is 0 Å². The minimum absolute atomic E-state index is 0.104. The molecule has 0 atom stereocenters. The van der Waals surface area contributed by atoms with Crippen LogP contribution in [0.15, 0.2) is 27.2 Å². The molecular formula is C22H25BrF5N3O2. The zero-order valence-corrected chi connectivity index (χ0v) is 19.7. The number of carbonyl (C=O) groups is 1. The van der Waals surface area contributed by atoms with E-state index in [1.165, 1.54) is 23.1 Å². The molecule has 0 N–H and O–H groups in total. The Hall–Kier alpha value is -2.04. The van der Waals surface area contributed by atoms with Crippen LogP contribution in [0.1, 0.15) is 63.6 Å². The molecule has 3 rings (SSSR count). The van der Waals surface area contributed by atoms with Gasteiger partial charge in [-0.3, -0.25) is 4.79 Å². The predicted molar refractivity (Wildman–Crippen MR) is 115 cm³/mol. The van der Waals surface area contributed by atoms with Crippen LogP contribution in [0.3, 0.4) is 0 Å². The third kappa shape index (κ3) is 6.97. The monoisotopic (exact) mass is 537 g/mol. The summed E-state index contributed by atoms with van der Waals surface area (Å²) >= 11 is 3.12. The maximum atomic E-state index is 13.7. The minimum atomic E-state index is -3.20. The van der Waals surface area contributed by atoms with Crippen LogP contribution in [-0.2, 0) is 17.1 Å². The summed E-state index contributed by atoms with van der Waals surface area (Å²) in [6.45, 7) is 0.992. The van der Waals surface area contributed by atoms with E-state index >= 15 is 0 Å². The normalized spacial score (nSPS) is 16.7. The van der Waals surface area contributed by atoms with E-state index in [-0.39, 0.29) is 41.9 Å². The summed E-state index contributed by atoms with van der Waals surface area (Å²) in [7, 11) is 0. The quantitative estimate of drug-likeness (QED) is 0.265.